The molecule has 1 aliphatic rings. The van der Waals surface area contributed by atoms with Crippen LogP contribution in [0, 0.1) is 5.82 Å². The molecule has 1 N–H and O–H groups in total. The van der Waals surface area contributed by atoms with Crippen LogP contribution in [0.15, 0.2) is 23.1 Å². The van der Waals surface area contributed by atoms with Crippen molar-refractivity contribution in [3.05, 3.63) is 24.0 Å². The fourth-order valence-electron chi connectivity index (χ4n) is 2.05. The number of ether oxygens (including phenoxy) is 3. The van der Waals surface area contributed by atoms with E-state index in [0.29, 0.717) is 6.61 Å². The summed E-state index contributed by atoms with van der Waals surface area (Å²) in [6, 6.07) is 3.19. The second kappa shape index (κ2) is 7.71. The van der Waals surface area contributed by atoms with Gasteiger partial charge in [0.15, 0.2) is 18.2 Å². The van der Waals surface area contributed by atoms with Crippen molar-refractivity contribution in [3.8, 4) is 5.75 Å². The predicted octanol–water partition coefficient (Wildman–Crippen LogP) is 0.835. The van der Waals surface area contributed by atoms with Gasteiger partial charge in [-0.1, -0.05) is 0 Å². The maximum atomic E-state index is 13.9. The molecule has 0 aromatic heterocycles. The van der Waals surface area contributed by atoms with Crippen molar-refractivity contribution < 1.29 is 31.8 Å². The van der Waals surface area contributed by atoms with E-state index < -0.39 is 28.4 Å². The highest BCUT2D eigenvalue weighted by molar-refractivity contribution is 7.89. The molecule has 0 unspecified atom stereocenters. The zero-order valence-corrected chi connectivity index (χ0v) is 13.4. The lowest BCUT2D eigenvalue weighted by atomic mass is 10.2. The number of rotatable bonds is 7. The minimum Gasteiger partial charge on any atom is -0.479 e. The molecule has 2 rings (SSSR count). The molecular formula is C14H18FNO6S. The van der Waals surface area contributed by atoms with Gasteiger partial charge in [0.05, 0.1) is 18.1 Å². The van der Waals surface area contributed by atoms with Gasteiger partial charge in [0.2, 0.25) is 10.0 Å². The molecule has 0 radical (unpaired) electrons. The topological polar surface area (TPSA) is 90.9 Å². The lowest BCUT2D eigenvalue weighted by Gasteiger charge is -2.12. The zero-order chi connectivity index (χ0) is 16.9. The highest BCUT2D eigenvalue weighted by atomic mass is 32.2. The van der Waals surface area contributed by atoms with E-state index in [2.05, 4.69) is 9.46 Å². The van der Waals surface area contributed by atoms with Crippen LogP contribution in [0.1, 0.15) is 12.8 Å². The van der Waals surface area contributed by atoms with E-state index in [1.807, 2.05) is 0 Å². The van der Waals surface area contributed by atoms with Crippen LogP contribution in [0.5, 0.6) is 5.75 Å². The molecule has 1 heterocycles. The number of hydrogen-bond donors (Lipinski definition) is 1. The number of carbonyl (C=O) groups excluding carboxylic acids is 1. The van der Waals surface area contributed by atoms with Crippen molar-refractivity contribution in [2.24, 2.45) is 0 Å². The summed E-state index contributed by atoms with van der Waals surface area (Å²) in [4.78, 5) is 10.7. The monoisotopic (exact) mass is 347 g/mol. The van der Waals surface area contributed by atoms with Crippen LogP contribution in [0.3, 0.4) is 0 Å². The molecule has 0 spiro atoms. The van der Waals surface area contributed by atoms with Gasteiger partial charge in [-0.05, 0) is 31.0 Å². The van der Waals surface area contributed by atoms with Crippen LogP contribution in [-0.2, 0) is 24.3 Å². The first-order valence-electron chi connectivity index (χ1n) is 7.03. The van der Waals surface area contributed by atoms with Gasteiger partial charge in [-0.15, -0.1) is 0 Å². The van der Waals surface area contributed by atoms with Crippen LogP contribution in [-0.4, -0.2) is 47.4 Å². The molecule has 9 heteroatoms. The van der Waals surface area contributed by atoms with E-state index in [1.165, 1.54) is 13.2 Å². The first-order chi connectivity index (χ1) is 10.9. The Kier molecular flexibility index (Phi) is 5.91. The standard InChI is InChI=1S/C14H18FNO6S/c1-20-14(17)9-22-13-5-4-11(7-12(13)15)23(18,19)16-8-10-3-2-6-21-10/h4-5,7,10,16H,2-3,6,8-9H2,1H3/t10-/m0/s1. The van der Waals surface area contributed by atoms with Crippen LogP contribution in [0.4, 0.5) is 4.39 Å². The molecule has 1 atom stereocenters. The molecule has 1 aliphatic heterocycles. The summed E-state index contributed by atoms with van der Waals surface area (Å²) in [6.07, 6.45) is 1.53. The highest BCUT2D eigenvalue weighted by Gasteiger charge is 2.21. The van der Waals surface area contributed by atoms with Crippen molar-refractivity contribution in [1.29, 1.82) is 0 Å². The minimum absolute atomic E-state index is 0.143. The molecule has 7 nitrogen and oxygen atoms in total. The van der Waals surface area contributed by atoms with Crippen molar-refractivity contribution in [1.82, 2.24) is 4.72 Å². The predicted molar refractivity (Wildman–Crippen MR) is 78.1 cm³/mol. The maximum Gasteiger partial charge on any atom is 0.343 e. The van der Waals surface area contributed by atoms with Gasteiger partial charge in [0.1, 0.15) is 0 Å². The Balaban J connectivity index is 2.01. The molecule has 1 aromatic carbocycles. The molecule has 0 amide bonds. The average Bonchev–Trinajstić information content (AvgIpc) is 3.05. The van der Waals surface area contributed by atoms with Gasteiger partial charge in [0.25, 0.3) is 0 Å². The Morgan fingerprint density at radius 3 is 2.87 bits per heavy atom. The third-order valence-electron chi connectivity index (χ3n) is 3.31. The Morgan fingerprint density at radius 1 is 1.48 bits per heavy atom. The molecule has 1 fully saturated rings. The van der Waals surface area contributed by atoms with Crippen LogP contribution in [0.2, 0.25) is 0 Å². The first kappa shape index (κ1) is 17.6. The summed E-state index contributed by atoms with van der Waals surface area (Å²) in [5.74, 6) is -1.78. The van der Waals surface area contributed by atoms with E-state index in [0.717, 1.165) is 25.0 Å². The van der Waals surface area contributed by atoms with Crippen LogP contribution >= 0.6 is 0 Å². The molecule has 23 heavy (non-hydrogen) atoms. The maximum absolute atomic E-state index is 13.9. The van der Waals surface area contributed by atoms with E-state index in [-0.39, 0.29) is 23.3 Å². The molecule has 0 aliphatic carbocycles. The van der Waals surface area contributed by atoms with E-state index in [4.69, 9.17) is 9.47 Å². The minimum atomic E-state index is -3.84. The number of esters is 1. The molecule has 0 bridgehead atoms. The van der Waals surface area contributed by atoms with E-state index in [9.17, 15) is 17.6 Å². The fourth-order valence-corrected chi connectivity index (χ4v) is 3.13. The lowest BCUT2D eigenvalue weighted by molar-refractivity contribution is -0.142. The second-order valence-electron chi connectivity index (χ2n) is 4.94. The summed E-state index contributed by atoms with van der Waals surface area (Å²) < 4.78 is 55.1. The number of carbonyl (C=O) groups is 1. The van der Waals surface area contributed by atoms with Gasteiger partial charge < -0.3 is 14.2 Å². The number of benzene rings is 1. The largest absolute Gasteiger partial charge is 0.479 e. The smallest absolute Gasteiger partial charge is 0.343 e. The Hall–Kier alpha value is -1.71. The van der Waals surface area contributed by atoms with Gasteiger partial charge >= 0.3 is 5.97 Å². The third-order valence-corrected chi connectivity index (χ3v) is 4.73. The Labute approximate surface area is 133 Å². The van der Waals surface area contributed by atoms with E-state index in [1.54, 1.807) is 0 Å². The number of methoxy groups -OCH3 is 1. The summed E-state index contributed by atoms with van der Waals surface area (Å²) >= 11 is 0. The molecular weight excluding hydrogens is 329 g/mol. The normalized spacial score (nSPS) is 17.9. The fraction of sp³-hybridized carbons (Fsp3) is 0.500. The number of halogens is 1. The second-order valence-corrected chi connectivity index (χ2v) is 6.71. The van der Waals surface area contributed by atoms with Crippen LogP contribution in [0.25, 0.3) is 0 Å². The average molecular weight is 347 g/mol. The zero-order valence-electron chi connectivity index (χ0n) is 12.6. The van der Waals surface area contributed by atoms with Crippen LogP contribution < -0.4 is 9.46 Å². The third kappa shape index (κ3) is 4.88. The quantitative estimate of drug-likeness (QED) is 0.735. The van der Waals surface area contributed by atoms with Crippen molar-refractivity contribution >= 4 is 16.0 Å². The number of hydrogen-bond acceptors (Lipinski definition) is 6. The SMILES string of the molecule is COC(=O)COc1ccc(S(=O)(=O)NC[C@@H]2CCCO2)cc1F. The summed E-state index contributed by atoms with van der Waals surface area (Å²) in [5.41, 5.74) is 0. The molecule has 1 saturated heterocycles. The molecule has 128 valence electrons. The van der Waals surface area contributed by atoms with Crippen molar-refractivity contribution in [3.63, 3.8) is 0 Å². The van der Waals surface area contributed by atoms with Crippen molar-refractivity contribution in [2.45, 2.75) is 23.8 Å². The number of sulfonamides is 1. The van der Waals surface area contributed by atoms with Gasteiger partial charge in [0, 0.05) is 13.2 Å². The molecule has 1 aromatic rings. The summed E-state index contributed by atoms with van der Waals surface area (Å²) in [7, 11) is -2.66. The van der Waals surface area contributed by atoms with E-state index >= 15 is 0 Å². The first-order valence-corrected chi connectivity index (χ1v) is 8.51. The Morgan fingerprint density at radius 2 is 2.26 bits per heavy atom. The summed E-state index contributed by atoms with van der Waals surface area (Å²) in [5, 5.41) is 0. The molecule has 0 saturated carbocycles. The lowest BCUT2D eigenvalue weighted by Crippen LogP contribution is -2.31. The van der Waals surface area contributed by atoms with Gasteiger partial charge in [-0.3, -0.25) is 0 Å². The van der Waals surface area contributed by atoms with Gasteiger partial charge in [-0.2, -0.15) is 0 Å². The highest BCUT2D eigenvalue weighted by Crippen LogP contribution is 2.21. The van der Waals surface area contributed by atoms with Gasteiger partial charge in [-0.25, -0.2) is 22.3 Å². The number of nitrogens with one attached hydrogen (secondary N) is 1. The summed E-state index contributed by atoms with van der Waals surface area (Å²) in [6.45, 7) is 0.300. The Bertz CT molecular complexity index is 657. The van der Waals surface area contributed by atoms with Crippen molar-refractivity contribution in [2.75, 3.05) is 26.9 Å².